The largest absolute Gasteiger partial charge is 0.308 e. The van der Waals surface area contributed by atoms with Crippen LogP contribution in [0.3, 0.4) is 0 Å². The molecule has 0 aliphatic heterocycles. The summed E-state index contributed by atoms with van der Waals surface area (Å²) in [6.07, 6.45) is 0. The van der Waals surface area contributed by atoms with Gasteiger partial charge in [0.1, 0.15) is 0 Å². The Kier molecular flexibility index (Phi) is 4.50. The second-order valence-corrected chi connectivity index (χ2v) is 4.30. The Balaban J connectivity index is 2.32. The molecule has 3 heteroatoms. The molecule has 0 atom stereocenters. The third-order valence-electron chi connectivity index (χ3n) is 1.84. The molecule has 1 aromatic rings. The zero-order chi connectivity index (χ0) is 9.68. The summed E-state index contributed by atoms with van der Waals surface area (Å²) in [5.74, 6) is 0. The Labute approximate surface area is 88.4 Å². The molecule has 0 saturated heterocycles. The van der Waals surface area contributed by atoms with Crippen LogP contribution >= 0.6 is 22.9 Å². The van der Waals surface area contributed by atoms with Gasteiger partial charge in [0, 0.05) is 23.5 Å². The molecule has 0 aliphatic carbocycles. The predicted octanol–water partition coefficient (Wildman–Crippen LogP) is 3.29. The van der Waals surface area contributed by atoms with Crippen LogP contribution < -0.4 is 5.32 Å². The van der Waals surface area contributed by atoms with Crippen LogP contribution in [0, 0.1) is 6.92 Å². The number of thiophene rings is 1. The highest BCUT2D eigenvalue weighted by molar-refractivity contribution is 7.10. The van der Waals surface area contributed by atoms with Gasteiger partial charge in [0.15, 0.2) is 0 Å². The highest BCUT2D eigenvalue weighted by Gasteiger charge is 1.98. The maximum Gasteiger partial charge on any atom is 0.0305 e. The van der Waals surface area contributed by atoms with E-state index in [1.165, 1.54) is 10.4 Å². The first-order chi connectivity index (χ1) is 6.24. The van der Waals surface area contributed by atoms with Gasteiger partial charge in [-0.1, -0.05) is 11.6 Å². The summed E-state index contributed by atoms with van der Waals surface area (Å²) < 4.78 is 0. The molecule has 1 heterocycles. The molecule has 0 aromatic carbocycles. The van der Waals surface area contributed by atoms with E-state index in [1.54, 1.807) is 16.9 Å². The number of hydrogen-bond acceptors (Lipinski definition) is 2. The highest BCUT2D eigenvalue weighted by atomic mass is 35.5. The topological polar surface area (TPSA) is 12.0 Å². The van der Waals surface area contributed by atoms with Crippen molar-refractivity contribution in [1.82, 2.24) is 5.32 Å². The molecule has 0 saturated carbocycles. The van der Waals surface area contributed by atoms with Crippen LogP contribution in [-0.2, 0) is 6.54 Å². The molecule has 0 aliphatic rings. The molecule has 72 valence electrons. The number of halogens is 1. The highest BCUT2D eigenvalue weighted by Crippen LogP contribution is 2.14. The molecule has 0 amide bonds. The van der Waals surface area contributed by atoms with Crippen molar-refractivity contribution in [1.29, 1.82) is 0 Å². The Hall–Kier alpha value is -0.310. The molecule has 0 spiro atoms. The van der Waals surface area contributed by atoms with Crippen molar-refractivity contribution in [2.75, 3.05) is 6.54 Å². The Morgan fingerprint density at radius 2 is 2.46 bits per heavy atom. The third-order valence-corrected chi connectivity index (χ3v) is 3.24. The van der Waals surface area contributed by atoms with E-state index in [-0.39, 0.29) is 0 Å². The Morgan fingerprint density at radius 1 is 1.69 bits per heavy atom. The fraction of sp³-hybridized carbons (Fsp3) is 0.400. The molecule has 0 fully saturated rings. The zero-order valence-corrected chi connectivity index (χ0v) is 9.50. The van der Waals surface area contributed by atoms with E-state index in [1.807, 2.05) is 6.92 Å². The van der Waals surface area contributed by atoms with E-state index in [0.29, 0.717) is 0 Å². The molecule has 0 radical (unpaired) electrons. The van der Waals surface area contributed by atoms with Crippen LogP contribution in [0.15, 0.2) is 22.6 Å². The van der Waals surface area contributed by atoms with Crippen LogP contribution in [0.5, 0.6) is 0 Å². The van der Waals surface area contributed by atoms with E-state index in [2.05, 4.69) is 23.7 Å². The summed E-state index contributed by atoms with van der Waals surface area (Å²) in [5, 5.41) is 5.46. The molecule has 0 unspecified atom stereocenters. The Morgan fingerprint density at radius 3 is 3.00 bits per heavy atom. The summed E-state index contributed by atoms with van der Waals surface area (Å²) in [6.45, 7) is 5.95. The minimum absolute atomic E-state index is 0.862. The van der Waals surface area contributed by atoms with Gasteiger partial charge in [-0.05, 0) is 36.4 Å². The lowest BCUT2D eigenvalue weighted by molar-refractivity contribution is 0.746. The summed E-state index contributed by atoms with van der Waals surface area (Å²) in [7, 11) is 0. The van der Waals surface area contributed by atoms with Crippen LogP contribution in [0.2, 0.25) is 0 Å². The summed E-state index contributed by atoms with van der Waals surface area (Å²) in [5.41, 5.74) is 4.15. The first-order valence-corrected chi connectivity index (χ1v) is 5.55. The van der Waals surface area contributed by atoms with E-state index in [4.69, 9.17) is 11.6 Å². The number of nitrogens with one attached hydrogen (secondary N) is 1. The van der Waals surface area contributed by atoms with E-state index in [9.17, 15) is 0 Å². The van der Waals surface area contributed by atoms with Crippen molar-refractivity contribution >= 4 is 22.9 Å². The molecule has 13 heavy (non-hydrogen) atoms. The van der Waals surface area contributed by atoms with Gasteiger partial charge in [0.25, 0.3) is 0 Å². The molecular formula is C10H14ClNS. The smallest absolute Gasteiger partial charge is 0.0305 e. The van der Waals surface area contributed by atoms with Crippen LogP contribution in [0.25, 0.3) is 0 Å². The lowest BCUT2D eigenvalue weighted by Crippen LogP contribution is -2.15. The van der Waals surface area contributed by atoms with Crippen LogP contribution in [0.4, 0.5) is 0 Å². The first-order valence-electron chi connectivity index (χ1n) is 4.23. The summed E-state index contributed by atoms with van der Waals surface area (Å²) >= 11 is 7.34. The minimum atomic E-state index is 0.862. The quantitative estimate of drug-likeness (QED) is 0.813. The average Bonchev–Trinajstić information content (AvgIpc) is 2.52. The van der Waals surface area contributed by atoms with Crippen LogP contribution in [0.1, 0.15) is 17.4 Å². The average molecular weight is 216 g/mol. The standard InChI is InChI=1S/C10H14ClNS/c1-8(5-11)6-12-7-10-9(2)3-4-13-10/h3-5,12H,6-7H2,1-2H3/b8-5-. The lowest BCUT2D eigenvalue weighted by atomic mass is 10.3. The van der Waals surface area contributed by atoms with Gasteiger partial charge < -0.3 is 5.32 Å². The normalized spacial score (nSPS) is 12.1. The fourth-order valence-corrected chi connectivity index (χ4v) is 1.95. The van der Waals surface area contributed by atoms with Crippen molar-refractivity contribution < 1.29 is 0 Å². The maximum absolute atomic E-state index is 5.54. The molecular weight excluding hydrogens is 202 g/mol. The second-order valence-electron chi connectivity index (χ2n) is 3.09. The van der Waals surface area contributed by atoms with Gasteiger partial charge in [0.05, 0.1) is 0 Å². The van der Waals surface area contributed by atoms with Crippen molar-refractivity contribution in [3.63, 3.8) is 0 Å². The molecule has 1 N–H and O–H groups in total. The first kappa shape index (κ1) is 10.8. The van der Waals surface area contributed by atoms with Gasteiger partial charge in [-0.2, -0.15) is 0 Å². The summed E-state index contributed by atoms with van der Waals surface area (Å²) in [4.78, 5) is 1.40. The number of rotatable bonds is 4. The van der Waals surface area contributed by atoms with E-state index in [0.717, 1.165) is 18.7 Å². The fourth-order valence-electron chi connectivity index (χ4n) is 0.997. The predicted molar refractivity (Wildman–Crippen MR) is 60.4 cm³/mol. The van der Waals surface area contributed by atoms with Crippen molar-refractivity contribution in [2.24, 2.45) is 0 Å². The number of aryl methyl sites for hydroxylation is 1. The summed E-state index contributed by atoms with van der Waals surface area (Å²) in [6, 6.07) is 2.14. The van der Waals surface area contributed by atoms with Gasteiger partial charge >= 0.3 is 0 Å². The van der Waals surface area contributed by atoms with Crippen molar-refractivity contribution in [3.05, 3.63) is 33.0 Å². The zero-order valence-electron chi connectivity index (χ0n) is 7.93. The lowest BCUT2D eigenvalue weighted by Gasteiger charge is -2.03. The molecule has 0 bridgehead atoms. The molecule has 1 aromatic heterocycles. The van der Waals surface area contributed by atoms with Gasteiger partial charge in [-0.15, -0.1) is 11.3 Å². The van der Waals surface area contributed by atoms with E-state index >= 15 is 0 Å². The van der Waals surface area contributed by atoms with Crippen molar-refractivity contribution in [2.45, 2.75) is 20.4 Å². The Bertz CT molecular complexity index is 291. The van der Waals surface area contributed by atoms with E-state index < -0.39 is 0 Å². The van der Waals surface area contributed by atoms with Gasteiger partial charge in [0.2, 0.25) is 0 Å². The third kappa shape index (κ3) is 3.51. The van der Waals surface area contributed by atoms with Crippen molar-refractivity contribution in [3.8, 4) is 0 Å². The monoisotopic (exact) mass is 215 g/mol. The molecule has 1 rings (SSSR count). The van der Waals surface area contributed by atoms with Gasteiger partial charge in [-0.25, -0.2) is 0 Å². The van der Waals surface area contributed by atoms with Gasteiger partial charge in [-0.3, -0.25) is 0 Å². The molecule has 1 nitrogen and oxygen atoms in total. The number of hydrogen-bond donors (Lipinski definition) is 1. The van der Waals surface area contributed by atoms with Crippen LogP contribution in [-0.4, -0.2) is 6.54 Å². The SMILES string of the molecule is C/C(=C/Cl)CNCc1sccc1C. The second kappa shape index (κ2) is 5.43. The maximum atomic E-state index is 5.54. The minimum Gasteiger partial charge on any atom is -0.308 e.